The van der Waals surface area contributed by atoms with E-state index in [4.69, 9.17) is 14.6 Å². The van der Waals surface area contributed by atoms with Gasteiger partial charge >= 0.3 is 0 Å². The summed E-state index contributed by atoms with van der Waals surface area (Å²) < 4.78 is 11.5. The zero-order chi connectivity index (χ0) is 21.9. The molecule has 5 rings (SSSR count). The average molecular weight is 434 g/mol. The Morgan fingerprint density at radius 1 is 1.12 bits per heavy atom. The molecule has 3 aliphatic rings. The van der Waals surface area contributed by atoms with Gasteiger partial charge < -0.3 is 9.47 Å². The fraction of sp³-hybridized carbons (Fsp3) is 0.462. The van der Waals surface area contributed by atoms with Gasteiger partial charge in [0.25, 0.3) is 0 Å². The molecule has 168 valence electrons. The van der Waals surface area contributed by atoms with Crippen molar-refractivity contribution in [2.75, 3.05) is 44.5 Å². The first kappa shape index (κ1) is 21.2. The predicted molar refractivity (Wildman–Crippen MR) is 125 cm³/mol. The van der Waals surface area contributed by atoms with Crippen molar-refractivity contribution >= 4 is 17.3 Å². The second-order valence-corrected chi connectivity index (χ2v) is 8.94. The highest BCUT2D eigenvalue weighted by Crippen LogP contribution is 2.35. The molecule has 0 saturated carbocycles. The Morgan fingerprint density at radius 2 is 1.94 bits per heavy atom. The van der Waals surface area contributed by atoms with Crippen molar-refractivity contribution in [3.63, 3.8) is 0 Å². The maximum atomic E-state index is 12.8. The minimum Gasteiger partial charge on any atom is -0.494 e. The molecule has 0 spiro atoms. The third kappa shape index (κ3) is 4.57. The third-order valence-electron chi connectivity index (χ3n) is 6.64. The van der Waals surface area contributed by atoms with Crippen LogP contribution in [0.2, 0.25) is 0 Å². The number of carbonyl (C=O) groups is 1. The van der Waals surface area contributed by atoms with Crippen LogP contribution in [0, 0.1) is 12.8 Å². The second-order valence-electron chi connectivity index (χ2n) is 8.94. The Balaban J connectivity index is 1.31. The van der Waals surface area contributed by atoms with Crippen molar-refractivity contribution < 1.29 is 14.3 Å². The number of hydrogen-bond donors (Lipinski definition) is 0. The molecule has 6 heteroatoms. The maximum Gasteiger partial charge on any atom is 0.248 e. The second kappa shape index (κ2) is 9.43. The number of fused-ring (bicyclic) bond motifs is 3. The van der Waals surface area contributed by atoms with Gasteiger partial charge in [0.1, 0.15) is 5.75 Å². The molecule has 1 aliphatic carbocycles. The SMILES string of the molecule is Cc1ccc(N2N=C3c4cc(OCCCN5CCOCC5)ccc4CCC3CC2=O)cc1. The van der Waals surface area contributed by atoms with E-state index < -0.39 is 0 Å². The highest BCUT2D eigenvalue weighted by Gasteiger charge is 2.34. The molecule has 0 bridgehead atoms. The number of hydrazone groups is 1. The van der Waals surface area contributed by atoms with Crippen LogP contribution in [0.1, 0.15) is 36.0 Å². The fourth-order valence-electron chi connectivity index (χ4n) is 4.77. The number of nitrogens with zero attached hydrogens (tertiary/aromatic N) is 3. The van der Waals surface area contributed by atoms with Gasteiger partial charge in [-0.25, -0.2) is 5.01 Å². The summed E-state index contributed by atoms with van der Waals surface area (Å²) in [5, 5.41) is 6.43. The maximum absolute atomic E-state index is 12.8. The Bertz CT molecular complexity index is 996. The topological polar surface area (TPSA) is 54.4 Å². The van der Waals surface area contributed by atoms with Gasteiger partial charge in [-0.3, -0.25) is 9.69 Å². The Morgan fingerprint density at radius 3 is 2.75 bits per heavy atom. The minimum atomic E-state index is 0.0709. The Kier molecular flexibility index (Phi) is 6.23. The van der Waals surface area contributed by atoms with E-state index >= 15 is 0 Å². The van der Waals surface area contributed by atoms with Gasteiger partial charge in [-0.1, -0.05) is 23.8 Å². The quantitative estimate of drug-likeness (QED) is 0.651. The lowest BCUT2D eigenvalue weighted by Crippen LogP contribution is -2.39. The van der Waals surface area contributed by atoms with E-state index in [1.54, 1.807) is 5.01 Å². The number of anilines is 1. The first-order valence-electron chi connectivity index (χ1n) is 11.7. The lowest BCUT2D eigenvalue weighted by Gasteiger charge is -2.33. The lowest BCUT2D eigenvalue weighted by atomic mass is 9.79. The number of ether oxygens (including phenoxy) is 2. The zero-order valence-electron chi connectivity index (χ0n) is 18.8. The zero-order valence-corrected chi connectivity index (χ0v) is 18.8. The molecule has 32 heavy (non-hydrogen) atoms. The van der Waals surface area contributed by atoms with Gasteiger partial charge in [0.2, 0.25) is 5.91 Å². The summed E-state index contributed by atoms with van der Waals surface area (Å²) in [7, 11) is 0. The van der Waals surface area contributed by atoms with Crippen LogP contribution in [0.3, 0.4) is 0 Å². The molecule has 0 radical (unpaired) electrons. The molecule has 1 saturated heterocycles. The largest absolute Gasteiger partial charge is 0.494 e. The molecule has 2 aliphatic heterocycles. The Hall–Kier alpha value is -2.70. The smallest absolute Gasteiger partial charge is 0.248 e. The monoisotopic (exact) mass is 433 g/mol. The lowest BCUT2D eigenvalue weighted by molar-refractivity contribution is -0.119. The van der Waals surface area contributed by atoms with Crippen LogP contribution in [0.5, 0.6) is 5.75 Å². The van der Waals surface area contributed by atoms with Crippen LogP contribution in [-0.2, 0) is 16.0 Å². The van der Waals surface area contributed by atoms with E-state index in [0.29, 0.717) is 13.0 Å². The number of amides is 1. The summed E-state index contributed by atoms with van der Waals surface area (Å²) in [5.74, 6) is 1.14. The normalized spacial score (nSPS) is 21.0. The number of benzene rings is 2. The Labute approximate surface area is 189 Å². The van der Waals surface area contributed by atoms with Crippen molar-refractivity contribution in [3.8, 4) is 5.75 Å². The van der Waals surface area contributed by atoms with E-state index in [2.05, 4.69) is 23.1 Å². The van der Waals surface area contributed by atoms with Crippen LogP contribution in [0.25, 0.3) is 0 Å². The van der Waals surface area contributed by atoms with E-state index in [0.717, 1.165) is 74.8 Å². The van der Waals surface area contributed by atoms with Gasteiger partial charge in [0.15, 0.2) is 0 Å². The summed E-state index contributed by atoms with van der Waals surface area (Å²) in [6, 6.07) is 14.3. The van der Waals surface area contributed by atoms with Gasteiger partial charge in [-0.2, -0.15) is 5.10 Å². The molecule has 1 atom stereocenters. The highest BCUT2D eigenvalue weighted by molar-refractivity contribution is 6.11. The van der Waals surface area contributed by atoms with Gasteiger partial charge in [0.05, 0.1) is 31.2 Å². The minimum absolute atomic E-state index is 0.0709. The van der Waals surface area contributed by atoms with Gasteiger partial charge in [0, 0.05) is 37.5 Å². The van der Waals surface area contributed by atoms with Crippen LogP contribution in [-0.4, -0.2) is 56.0 Å². The molecule has 2 aromatic carbocycles. The van der Waals surface area contributed by atoms with E-state index in [9.17, 15) is 4.79 Å². The summed E-state index contributed by atoms with van der Waals surface area (Å²) in [6.45, 7) is 7.46. The molecule has 0 aromatic heterocycles. The first-order chi connectivity index (χ1) is 15.7. The number of hydrogen-bond acceptors (Lipinski definition) is 5. The fourth-order valence-corrected chi connectivity index (χ4v) is 4.77. The average Bonchev–Trinajstić information content (AvgIpc) is 2.82. The van der Waals surface area contributed by atoms with Crippen molar-refractivity contribution in [2.45, 2.75) is 32.6 Å². The highest BCUT2D eigenvalue weighted by atomic mass is 16.5. The van der Waals surface area contributed by atoms with Crippen LogP contribution in [0.15, 0.2) is 47.6 Å². The molecular formula is C26H31N3O3. The van der Waals surface area contributed by atoms with E-state index in [-0.39, 0.29) is 11.8 Å². The summed E-state index contributed by atoms with van der Waals surface area (Å²) in [6.07, 6.45) is 3.46. The first-order valence-corrected chi connectivity index (χ1v) is 11.7. The molecule has 2 heterocycles. The van der Waals surface area contributed by atoms with E-state index in [1.165, 1.54) is 11.1 Å². The standard InChI is InChI=1S/C26H31N3O3/c1-19-3-8-22(9-4-19)29-25(30)17-21-6-5-20-7-10-23(18-24(20)26(21)27-29)32-14-2-11-28-12-15-31-16-13-28/h3-4,7-10,18,21H,2,5-6,11-17H2,1H3. The van der Waals surface area contributed by atoms with Crippen molar-refractivity contribution in [3.05, 3.63) is 59.2 Å². The predicted octanol–water partition coefficient (Wildman–Crippen LogP) is 3.80. The number of aryl methyl sites for hydroxylation is 2. The van der Waals surface area contributed by atoms with Crippen molar-refractivity contribution in [2.24, 2.45) is 11.0 Å². The summed E-state index contributed by atoms with van der Waals surface area (Å²) >= 11 is 0. The molecule has 1 unspecified atom stereocenters. The van der Waals surface area contributed by atoms with Gasteiger partial charge in [-0.15, -0.1) is 0 Å². The molecule has 1 amide bonds. The van der Waals surface area contributed by atoms with E-state index in [1.807, 2.05) is 31.2 Å². The molecule has 2 aromatic rings. The van der Waals surface area contributed by atoms with Crippen LogP contribution >= 0.6 is 0 Å². The summed E-state index contributed by atoms with van der Waals surface area (Å²) in [5.41, 5.74) is 5.44. The third-order valence-corrected chi connectivity index (χ3v) is 6.64. The van der Waals surface area contributed by atoms with Crippen molar-refractivity contribution in [1.82, 2.24) is 4.90 Å². The van der Waals surface area contributed by atoms with Gasteiger partial charge in [-0.05, 0) is 56.0 Å². The van der Waals surface area contributed by atoms with Crippen LogP contribution in [0.4, 0.5) is 5.69 Å². The number of morpholine rings is 1. The molecular weight excluding hydrogens is 402 g/mol. The van der Waals surface area contributed by atoms with Crippen molar-refractivity contribution in [1.29, 1.82) is 0 Å². The number of rotatable bonds is 6. The molecule has 0 N–H and O–H groups in total. The molecule has 6 nitrogen and oxygen atoms in total. The molecule has 1 fully saturated rings. The van der Waals surface area contributed by atoms with Crippen LogP contribution < -0.4 is 9.75 Å². The summed E-state index contributed by atoms with van der Waals surface area (Å²) in [4.78, 5) is 15.2. The number of carbonyl (C=O) groups excluding carboxylic acids is 1.